The van der Waals surface area contributed by atoms with Crippen molar-refractivity contribution in [1.29, 1.82) is 0 Å². The van der Waals surface area contributed by atoms with Crippen LogP contribution in [0, 0.1) is 0 Å². The molecule has 1 heterocycles. The third-order valence-corrected chi connectivity index (χ3v) is 3.12. The van der Waals surface area contributed by atoms with Crippen molar-refractivity contribution < 1.29 is 9.90 Å². The molecule has 0 atom stereocenters. The maximum absolute atomic E-state index is 11.2. The van der Waals surface area contributed by atoms with Crippen LogP contribution in [-0.4, -0.2) is 46.2 Å². The maximum Gasteiger partial charge on any atom is 0.337 e. The van der Waals surface area contributed by atoms with E-state index in [1.54, 1.807) is 18.5 Å². The molecule has 102 valence electrons. The van der Waals surface area contributed by atoms with Gasteiger partial charge < -0.3 is 14.6 Å². The summed E-state index contributed by atoms with van der Waals surface area (Å²) in [6, 6.07) is 5.20. The van der Waals surface area contributed by atoms with E-state index in [-0.39, 0.29) is 0 Å². The van der Waals surface area contributed by atoms with Gasteiger partial charge in [-0.1, -0.05) is 6.07 Å². The van der Waals surface area contributed by atoms with Crippen LogP contribution in [0.4, 0.5) is 0 Å². The van der Waals surface area contributed by atoms with Crippen molar-refractivity contribution in [3.05, 3.63) is 30.1 Å². The molecule has 1 aromatic heterocycles. The predicted molar refractivity (Wildman–Crippen MR) is 74.5 cm³/mol. The van der Waals surface area contributed by atoms with E-state index in [0.29, 0.717) is 5.56 Å². The molecule has 0 amide bonds. The van der Waals surface area contributed by atoms with Crippen LogP contribution in [0.2, 0.25) is 0 Å². The Morgan fingerprint density at radius 2 is 2.16 bits per heavy atom. The van der Waals surface area contributed by atoms with E-state index in [2.05, 4.69) is 24.0 Å². The van der Waals surface area contributed by atoms with Gasteiger partial charge in [-0.2, -0.15) is 0 Å². The van der Waals surface area contributed by atoms with E-state index >= 15 is 0 Å². The fraction of sp³-hybridized carbons (Fsp3) is 0.429. The lowest BCUT2D eigenvalue weighted by Crippen LogP contribution is -2.13. The Labute approximate surface area is 112 Å². The number of unbranched alkanes of at least 4 members (excludes halogenated alkanes) is 1. The van der Waals surface area contributed by atoms with Crippen molar-refractivity contribution in [2.24, 2.45) is 0 Å². The highest BCUT2D eigenvalue weighted by Crippen LogP contribution is 2.18. The number of nitrogens with zero attached hydrogens (tertiary/aromatic N) is 3. The van der Waals surface area contributed by atoms with Crippen LogP contribution in [0.15, 0.2) is 24.5 Å². The van der Waals surface area contributed by atoms with Gasteiger partial charge in [0.15, 0.2) is 0 Å². The van der Waals surface area contributed by atoms with E-state index in [9.17, 15) is 9.90 Å². The Kier molecular flexibility index (Phi) is 4.16. The molecule has 0 saturated carbocycles. The molecule has 0 fully saturated rings. The van der Waals surface area contributed by atoms with E-state index in [4.69, 9.17) is 0 Å². The van der Waals surface area contributed by atoms with Crippen LogP contribution in [0.25, 0.3) is 11.0 Å². The minimum Gasteiger partial charge on any atom is -0.478 e. The van der Waals surface area contributed by atoms with Crippen LogP contribution in [0.1, 0.15) is 23.2 Å². The van der Waals surface area contributed by atoms with E-state index in [1.807, 2.05) is 10.6 Å². The molecule has 0 radical (unpaired) electrons. The summed E-state index contributed by atoms with van der Waals surface area (Å²) in [6.07, 6.45) is 3.83. The Balaban J connectivity index is 2.17. The molecule has 2 aromatic rings. The number of hydrogen-bond acceptors (Lipinski definition) is 3. The van der Waals surface area contributed by atoms with Gasteiger partial charge in [-0.15, -0.1) is 0 Å². The lowest BCUT2D eigenvalue weighted by molar-refractivity contribution is 0.0698. The lowest BCUT2D eigenvalue weighted by atomic mass is 10.2. The third-order valence-electron chi connectivity index (χ3n) is 3.12. The molecule has 0 aliphatic heterocycles. The van der Waals surface area contributed by atoms with Gasteiger partial charge in [-0.05, 0) is 45.6 Å². The van der Waals surface area contributed by atoms with E-state index in [0.717, 1.165) is 37.0 Å². The zero-order chi connectivity index (χ0) is 13.8. The topological polar surface area (TPSA) is 58.4 Å². The smallest absolute Gasteiger partial charge is 0.337 e. The summed E-state index contributed by atoms with van der Waals surface area (Å²) < 4.78 is 1.94. The minimum absolute atomic E-state index is 0.322. The molecule has 19 heavy (non-hydrogen) atoms. The van der Waals surface area contributed by atoms with Gasteiger partial charge in [0.05, 0.1) is 22.9 Å². The second-order valence-corrected chi connectivity index (χ2v) is 4.93. The van der Waals surface area contributed by atoms with Crippen molar-refractivity contribution in [3.8, 4) is 0 Å². The van der Waals surface area contributed by atoms with Crippen LogP contribution < -0.4 is 0 Å². The second kappa shape index (κ2) is 5.84. The minimum atomic E-state index is -0.902. The van der Waals surface area contributed by atoms with Crippen LogP contribution in [0.3, 0.4) is 0 Å². The number of para-hydroxylation sites is 1. The summed E-state index contributed by atoms with van der Waals surface area (Å²) in [5.74, 6) is -0.902. The molecule has 2 rings (SSSR count). The third kappa shape index (κ3) is 3.12. The van der Waals surface area contributed by atoms with Crippen molar-refractivity contribution in [3.63, 3.8) is 0 Å². The molecule has 5 nitrogen and oxygen atoms in total. The highest BCUT2D eigenvalue weighted by atomic mass is 16.4. The average molecular weight is 261 g/mol. The summed E-state index contributed by atoms with van der Waals surface area (Å²) in [6.45, 7) is 1.84. The molecule has 0 bridgehead atoms. The molecule has 0 aliphatic rings. The van der Waals surface area contributed by atoms with Crippen LogP contribution >= 0.6 is 0 Å². The van der Waals surface area contributed by atoms with Crippen molar-refractivity contribution in [1.82, 2.24) is 14.5 Å². The average Bonchev–Trinajstić information content (AvgIpc) is 2.77. The molecular formula is C14H19N3O2. The standard InChI is InChI=1S/C14H19N3O2/c1-16(2)8-3-4-9-17-10-15-12-7-5-6-11(13(12)17)14(18)19/h5-7,10H,3-4,8-9H2,1-2H3,(H,18,19). The zero-order valence-corrected chi connectivity index (χ0v) is 11.3. The number of carboxylic acids is 1. The van der Waals surface area contributed by atoms with E-state index in [1.165, 1.54) is 0 Å². The number of hydrogen-bond donors (Lipinski definition) is 1. The number of benzene rings is 1. The number of aryl methyl sites for hydroxylation is 1. The Morgan fingerprint density at radius 1 is 1.37 bits per heavy atom. The van der Waals surface area contributed by atoms with Crippen molar-refractivity contribution in [2.45, 2.75) is 19.4 Å². The van der Waals surface area contributed by atoms with E-state index < -0.39 is 5.97 Å². The highest BCUT2D eigenvalue weighted by molar-refractivity contribution is 6.01. The van der Waals surface area contributed by atoms with Crippen molar-refractivity contribution in [2.75, 3.05) is 20.6 Å². The van der Waals surface area contributed by atoms with Gasteiger partial charge in [0, 0.05) is 6.54 Å². The van der Waals surface area contributed by atoms with Gasteiger partial charge in [0.25, 0.3) is 0 Å². The fourth-order valence-electron chi connectivity index (χ4n) is 2.18. The van der Waals surface area contributed by atoms with Crippen LogP contribution in [0.5, 0.6) is 0 Å². The summed E-state index contributed by atoms with van der Waals surface area (Å²) in [4.78, 5) is 17.6. The molecule has 1 N–H and O–H groups in total. The second-order valence-electron chi connectivity index (χ2n) is 4.93. The molecule has 0 spiro atoms. The molecule has 5 heteroatoms. The molecular weight excluding hydrogens is 242 g/mol. The first kappa shape index (κ1) is 13.5. The SMILES string of the molecule is CN(C)CCCCn1cnc2cccc(C(=O)O)c21. The molecule has 0 aliphatic carbocycles. The first-order valence-electron chi connectivity index (χ1n) is 6.41. The number of carboxylic acid groups (broad SMARTS) is 1. The first-order chi connectivity index (χ1) is 9.09. The number of carbonyl (C=O) groups is 1. The number of imidazole rings is 1. The number of aromatic nitrogens is 2. The number of fused-ring (bicyclic) bond motifs is 1. The van der Waals surface area contributed by atoms with Gasteiger partial charge in [-0.3, -0.25) is 0 Å². The number of aromatic carboxylic acids is 1. The summed E-state index contributed by atoms with van der Waals surface area (Å²) >= 11 is 0. The largest absolute Gasteiger partial charge is 0.478 e. The quantitative estimate of drug-likeness (QED) is 0.809. The first-order valence-corrected chi connectivity index (χ1v) is 6.41. The summed E-state index contributed by atoms with van der Waals surface area (Å²) in [5, 5.41) is 9.22. The monoisotopic (exact) mass is 261 g/mol. The van der Waals surface area contributed by atoms with Gasteiger partial charge in [0.2, 0.25) is 0 Å². The Hall–Kier alpha value is -1.88. The Morgan fingerprint density at radius 3 is 2.84 bits per heavy atom. The summed E-state index contributed by atoms with van der Waals surface area (Å²) in [7, 11) is 4.10. The lowest BCUT2D eigenvalue weighted by Gasteiger charge is -2.10. The normalized spacial score (nSPS) is 11.3. The maximum atomic E-state index is 11.2. The van der Waals surface area contributed by atoms with Crippen molar-refractivity contribution >= 4 is 17.0 Å². The van der Waals surface area contributed by atoms with Crippen LogP contribution in [-0.2, 0) is 6.54 Å². The molecule has 0 saturated heterocycles. The van der Waals surface area contributed by atoms with Gasteiger partial charge >= 0.3 is 5.97 Å². The highest BCUT2D eigenvalue weighted by Gasteiger charge is 2.12. The Bertz CT molecular complexity index is 575. The van der Waals surface area contributed by atoms with Gasteiger partial charge in [0.1, 0.15) is 0 Å². The number of rotatable bonds is 6. The fourth-order valence-corrected chi connectivity index (χ4v) is 2.18. The predicted octanol–water partition coefficient (Wildman–Crippen LogP) is 2.08. The molecule has 1 aromatic carbocycles. The summed E-state index contributed by atoms with van der Waals surface area (Å²) in [5.41, 5.74) is 1.79. The van der Waals surface area contributed by atoms with Gasteiger partial charge in [-0.25, -0.2) is 9.78 Å². The zero-order valence-electron chi connectivity index (χ0n) is 11.3. The molecule has 0 unspecified atom stereocenters.